The van der Waals surface area contributed by atoms with Gasteiger partial charge >= 0.3 is 0 Å². The lowest BCUT2D eigenvalue weighted by molar-refractivity contribution is 0.0823. The topological polar surface area (TPSA) is 42.4 Å². The van der Waals surface area contributed by atoms with E-state index in [1.54, 1.807) is 31.4 Å². The van der Waals surface area contributed by atoms with Gasteiger partial charge in [-0.3, -0.25) is 0 Å². The van der Waals surface area contributed by atoms with Gasteiger partial charge in [0.1, 0.15) is 5.75 Å². The minimum Gasteiger partial charge on any atom is -0.493 e. The molecule has 108 valence electrons. The first-order chi connectivity index (χ1) is 9.50. The van der Waals surface area contributed by atoms with E-state index < -0.39 is 5.60 Å². The van der Waals surface area contributed by atoms with Gasteiger partial charge in [0.15, 0.2) is 0 Å². The highest BCUT2D eigenvalue weighted by atomic mass is 32.1. The van der Waals surface area contributed by atoms with Crippen LogP contribution in [-0.2, 0) is 18.4 Å². The highest BCUT2D eigenvalue weighted by Gasteiger charge is 2.19. The zero-order valence-corrected chi connectivity index (χ0v) is 13.0. The number of nitrogens with zero attached hydrogens (tertiary/aromatic N) is 1. The molecule has 20 heavy (non-hydrogen) atoms. The Hall–Kier alpha value is -1.39. The van der Waals surface area contributed by atoms with Crippen LogP contribution in [0.25, 0.3) is 0 Å². The maximum absolute atomic E-state index is 9.91. The van der Waals surface area contributed by atoms with Gasteiger partial charge in [-0.15, -0.1) is 11.3 Å². The fourth-order valence-electron chi connectivity index (χ4n) is 1.89. The van der Waals surface area contributed by atoms with Crippen LogP contribution in [0, 0.1) is 0 Å². The van der Waals surface area contributed by atoms with Crippen LogP contribution < -0.4 is 4.74 Å². The molecule has 0 saturated carbocycles. The summed E-state index contributed by atoms with van der Waals surface area (Å²) in [4.78, 5) is 5.23. The largest absolute Gasteiger partial charge is 0.493 e. The van der Waals surface area contributed by atoms with E-state index in [9.17, 15) is 5.11 Å². The number of ether oxygens (including phenoxy) is 1. The van der Waals surface area contributed by atoms with Crippen molar-refractivity contribution in [3.8, 4) is 5.75 Å². The zero-order valence-electron chi connectivity index (χ0n) is 12.2. The summed E-state index contributed by atoms with van der Waals surface area (Å²) in [6.45, 7) is 6.28. The van der Waals surface area contributed by atoms with E-state index in [2.05, 4.69) is 18.0 Å². The number of aryl methyl sites for hydroxylation is 1. The third-order valence-electron chi connectivity index (χ3n) is 3.08. The molecule has 0 atom stereocenters. The van der Waals surface area contributed by atoms with Crippen LogP contribution in [0.2, 0.25) is 0 Å². The van der Waals surface area contributed by atoms with Gasteiger partial charge < -0.3 is 9.84 Å². The number of rotatable bonds is 6. The summed E-state index contributed by atoms with van der Waals surface area (Å²) in [7, 11) is 0. The molecule has 0 aliphatic rings. The molecule has 4 heteroatoms. The Bertz CT molecular complexity index is 558. The molecule has 0 aliphatic carbocycles. The first kappa shape index (κ1) is 15.0. The normalized spacial score (nSPS) is 11.6. The first-order valence-corrected chi connectivity index (χ1v) is 7.70. The standard InChI is InChI=1S/C16H21NO2S/c1-4-12-7-5-6-8-13(12)19-10-9-15-17-11-14(20-15)16(2,3)18/h5-8,11,18H,4,9-10H2,1-3H3. The highest BCUT2D eigenvalue weighted by molar-refractivity contribution is 7.11. The molecule has 2 rings (SSSR count). The predicted octanol–water partition coefficient (Wildman–Crippen LogP) is 3.55. The third-order valence-corrected chi connectivity index (χ3v) is 4.45. The Balaban J connectivity index is 1.91. The number of thiazole rings is 1. The molecular formula is C16H21NO2S. The molecule has 0 aliphatic heterocycles. The van der Waals surface area contributed by atoms with Gasteiger partial charge in [0.25, 0.3) is 0 Å². The van der Waals surface area contributed by atoms with Crippen molar-refractivity contribution in [3.05, 3.63) is 45.9 Å². The molecule has 0 radical (unpaired) electrons. The van der Waals surface area contributed by atoms with Gasteiger partial charge in [0.2, 0.25) is 0 Å². The lowest BCUT2D eigenvalue weighted by Gasteiger charge is -2.13. The van der Waals surface area contributed by atoms with Gasteiger partial charge in [-0.05, 0) is 31.9 Å². The Morgan fingerprint density at radius 2 is 2.05 bits per heavy atom. The van der Waals surface area contributed by atoms with Crippen LogP contribution in [0.3, 0.4) is 0 Å². The molecule has 3 nitrogen and oxygen atoms in total. The van der Waals surface area contributed by atoms with Crippen LogP contribution in [-0.4, -0.2) is 16.7 Å². The van der Waals surface area contributed by atoms with Crippen molar-refractivity contribution in [2.75, 3.05) is 6.61 Å². The van der Waals surface area contributed by atoms with E-state index >= 15 is 0 Å². The van der Waals surface area contributed by atoms with Crippen molar-refractivity contribution in [1.82, 2.24) is 4.98 Å². The Morgan fingerprint density at radius 3 is 2.70 bits per heavy atom. The van der Waals surface area contributed by atoms with Crippen molar-refractivity contribution in [1.29, 1.82) is 0 Å². The van der Waals surface area contributed by atoms with Gasteiger partial charge in [-0.2, -0.15) is 0 Å². The van der Waals surface area contributed by atoms with Crippen molar-refractivity contribution in [2.45, 2.75) is 39.2 Å². The molecule has 1 heterocycles. The van der Waals surface area contributed by atoms with E-state index in [4.69, 9.17) is 4.74 Å². The summed E-state index contributed by atoms with van der Waals surface area (Å²) >= 11 is 1.54. The maximum Gasteiger partial charge on any atom is 0.122 e. The molecule has 0 unspecified atom stereocenters. The second-order valence-corrected chi connectivity index (χ2v) is 6.35. The lowest BCUT2D eigenvalue weighted by atomic mass is 10.1. The number of hydrogen-bond acceptors (Lipinski definition) is 4. The summed E-state index contributed by atoms with van der Waals surface area (Å²) in [5.41, 5.74) is 0.412. The molecule has 0 fully saturated rings. The smallest absolute Gasteiger partial charge is 0.122 e. The van der Waals surface area contributed by atoms with Crippen molar-refractivity contribution in [3.63, 3.8) is 0 Å². The van der Waals surface area contributed by atoms with Crippen molar-refractivity contribution >= 4 is 11.3 Å². The minimum atomic E-state index is -0.814. The second kappa shape index (κ2) is 6.37. The van der Waals surface area contributed by atoms with Crippen LogP contribution >= 0.6 is 11.3 Å². The molecule has 2 aromatic rings. The molecule has 1 aromatic heterocycles. The molecule has 0 bridgehead atoms. The van der Waals surface area contributed by atoms with Gasteiger partial charge in [-0.25, -0.2) is 4.98 Å². The highest BCUT2D eigenvalue weighted by Crippen LogP contribution is 2.26. The Labute approximate surface area is 124 Å². The average molecular weight is 291 g/mol. The van der Waals surface area contributed by atoms with Crippen LogP contribution in [0.1, 0.15) is 36.2 Å². The number of aliphatic hydroxyl groups is 1. The van der Waals surface area contributed by atoms with Gasteiger partial charge in [0.05, 0.1) is 22.1 Å². The van der Waals surface area contributed by atoms with E-state index in [0.717, 1.165) is 28.5 Å². The fourth-order valence-corrected chi connectivity index (χ4v) is 2.79. The SMILES string of the molecule is CCc1ccccc1OCCc1ncc(C(C)(C)O)s1. The van der Waals surface area contributed by atoms with Gasteiger partial charge in [-0.1, -0.05) is 25.1 Å². The summed E-state index contributed by atoms with van der Waals surface area (Å²) in [6.07, 6.45) is 3.48. The fraction of sp³-hybridized carbons (Fsp3) is 0.438. The predicted molar refractivity (Wildman–Crippen MR) is 82.4 cm³/mol. The average Bonchev–Trinajstić information content (AvgIpc) is 2.88. The van der Waals surface area contributed by atoms with Crippen LogP contribution in [0.4, 0.5) is 0 Å². The van der Waals surface area contributed by atoms with Gasteiger partial charge in [0, 0.05) is 12.6 Å². The summed E-state index contributed by atoms with van der Waals surface area (Å²) in [5.74, 6) is 0.953. The van der Waals surface area contributed by atoms with E-state index in [0.29, 0.717) is 6.61 Å². The number of aromatic nitrogens is 1. The van der Waals surface area contributed by atoms with Crippen molar-refractivity contribution in [2.24, 2.45) is 0 Å². The first-order valence-electron chi connectivity index (χ1n) is 6.89. The second-order valence-electron chi connectivity index (χ2n) is 5.24. The molecule has 0 spiro atoms. The monoisotopic (exact) mass is 291 g/mol. The molecule has 1 aromatic carbocycles. The molecule has 0 saturated heterocycles. The number of benzene rings is 1. The zero-order chi connectivity index (χ0) is 14.6. The third kappa shape index (κ3) is 3.81. The quantitative estimate of drug-likeness (QED) is 0.885. The summed E-state index contributed by atoms with van der Waals surface area (Å²) in [5, 5.41) is 10.9. The summed E-state index contributed by atoms with van der Waals surface area (Å²) < 4.78 is 5.83. The van der Waals surface area contributed by atoms with Crippen LogP contribution in [0.15, 0.2) is 30.5 Å². The number of para-hydroxylation sites is 1. The molecule has 1 N–H and O–H groups in total. The van der Waals surface area contributed by atoms with Crippen LogP contribution in [0.5, 0.6) is 5.75 Å². The molecular weight excluding hydrogens is 270 g/mol. The summed E-state index contributed by atoms with van der Waals surface area (Å²) in [6, 6.07) is 8.11. The minimum absolute atomic E-state index is 0.607. The van der Waals surface area contributed by atoms with E-state index in [1.807, 2.05) is 18.2 Å². The number of hydrogen-bond donors (Lipinski definition) is 1. The lowest BCUT2D eigenvalue weighted by Crippen LogP contribution is -2.12. The molecule has 0 amide bonds. The van der Waals surface area contributed by atoms with Crippen molar-refractivity contribution < 1.29 is 9.84 Å². The maximum atomic E-state index is 9.91. The van der Waals surface area contributed by atoms with E-state index in [1.165, 1.54) is 5.56 Å². The Kier molecular flexibility index (Phi) is 4.78. The Morgan fingerprint density at radius 1 is 1.30 bits per heavy atom. The van der Waals surface area contributed by atoms with E-state index in [-0.39, 0.29) is 0 Å².